The summed E-state index contributed by atoms with van der Waals surface area (Å²) < 4.78 is 37.0. The molecule has 0 N–H and O–H groups in total. The van der Waals surface area contributed by atoms with Crippen LogP contribution in [0.1, 0.15) is 5.56 Å². The fourth-order valence-electron chi connectivity index (χ4n) is 1.11. The summed E-state index contributed by atoms with van der Waals surface area (Å²) in [5.74, 6) is 0. The van der Waals surface area contributed by atoms with E-state index in [0.29, 0.717) is 0 Å². The van der Waals surface area contributed by atoms with E-state index in [-0.39, 0.29) is 6.61 Å². The van der Waals surface area contributed by atoms with Gasteiger partial charge < -0.3 is 9.47 Å². The van der Waals surface area contributed by atoms with Crippen LogP contribution in [0.4, 0.5) is 0 Å². The molecular weight excluding hydrogens is 232 g/mol. The van der Waals surface area contributed by atoms with Crippen molar-refractivity contribution in [1.82, 2.24) is 0 Å². The van der Waals surface area contributed by atoms with Crippen LogP contribution in [0.5, 0.6) is 0 Å². The Morgan fingerprint density at radius 3 is 2.19 bits per heavy atom. The molecule has 0 aliphatic rings. The third kappa shape index (κ3) is 3.57. The zero-order valence-corrected chi connectivity index (χ0v) is 9.94. The second kappa shape index (κ2) is 5.95. The van der Waals surface area contributed by atoms with Gasteiger partial charge in [0.25, 0.3) is 5.62 Å². The van der Waals surface area contributed by atoms with Crippen molar-refractivity contribution in [3.8, 4) is 0 Å². The standard InChI is InChI=1S/C10H14O5S/c1-13-10(14-2)16(11,12)15-8-9-6-4-3-5-7-9/h3-7,10H,8H2,1-2H3. The number of ether oxygens (including phenoxy) is 2. The Bertz CT molecular complexity index is 396. The van der Waals surface area contributed by atoms with Crippen LogP contribution < -0.4 is 0 Å². The number of methoxy groups -OCH3 is 2. The lowest BCUT2D eigenvalue weighted by Crippen LogP contribution is -2.27. The minimum absolute atomic E-state index is 0.0353. The maximum atomic E-state index is 11.5. The van der Waals surface area contributed by atoms with Gasteiger partial charge in [-0.1, -0.05) is 30.3 Å². The smallest absolute Gasteiger partial charge is 0.321 e. The fraction of sp³-hybridized carbons (Fsp3) is 0.400. The third-order valence-electron chi connectivity index (χ3n) is 1.85. The van der Waals surface area contributed by atoms with Crippen molar-refractivity contribution in [2.75, 3.05) is 14.2 Å². The van der Waals surface area contributed by atoms with Crippen LogP contribution in [0.15, 0.2) is 30.3 Å². The Kier molecular flexibility index (Phi) is 4.88. The van der Waals surface area contributed by atoms with Crippen molar-refractivity contribution in [2.24, 2.45) is 0 Å². The molecular formula is C10H14O5S. The second-order valence-electron chi connectivity index (χ2n) is 3.00. The highest BCUT2D eigenvalue weighted by Gasteiger charge is 2.25. The average molecular weight is 246 g/mol. The Balaban J connectivity index is 2.61. The van der Waals surface area contributed by atoms with Crippen LogP contribution in [-0.4, -0.2) is 28.3 Å². The van der Waals surface area contributed by atoms with Crippen molar-refractivity contribution < 1.29 is 22.1 Å². The van der Waals surface area contributed by atoms with Crippen LogP contribution in [0.3, 0.4) is 0 Å². The van der Waals surface area contributed by atoms with Crippen LogP contribution in [-0.2, 0) is 30.4 Å². The number of benzene rings is 1. The van der Waals surface area contributed by atoms with Crippen LogP contribution in [0.25, 0.3) is 0 Å². The number of hydrogen-bond donors (Lipinski definition) is 0. The first-order chi connectivity index (χ1) is 7.60. The normalized spacial score (nSPS) is 11.9. The molecule has 16 heavy (non-hydrogen) atoms. The van der Waals surface area contributed by atoms with E-state index in [1.54, 1.807) is 24.3 Å². The third-order valence-corrected chi connectivity index (χ3v) is 3.16. The van der Waals surface area contributed by atoms with E-state index in [2.05, 4.69) is 9.47 Å². The summed E-state index contributed by atoms with van der Waals surface area (Å²) in [5, 5.41) is 0. The van der Waals surface area contributed by atoms with Gasteiger partial charge in [0.15, 0.2) is 0 Å². The van der Waals surface area contributed by atoms with Crippen LogP contribution >= 0.6 is 0 Å². The molecule has 0 amide bonds. The first kappa shape index (κ1) is 13.1. The van der Waals surface area contributed by atoms with Gasteiger partial charge in [0.1, 0.15) is 0 Å². The van der Waals surface area contributed by atoms with Crippen molar-refractivity contribution >= 4 is 10.1 Å². The molecule has 0 saturated carbocycles. The summed E-state index contributed by atoms with van der Waals surface area (Å²) in [5.41, 5.74) is -0.631. The quantitative estimate of drug-likeness (QED) is 0.556. The van der Waals surface area contributed by atoms with E-state index in [1.165, 1.54) is 14.2 Å². The summed E-state index contributed by atoms with van der Waals surface area (Å²) in [4.78, 5) is 0. The molecule has 0 bridgehead atoms. The molecule has 0 spiro atoms. The van der Waals surface area contributed by atoms with Crippen molar-refractivity contribution in [2.45, 2.75) is 12.2 Å². The van der Waals surface area contributed by atoms with Gasteiger partial charge in [0, 0.05) is 14.2 Å². The van der Waals surface area contributed by atoms with E-state index in [1.807, 2.05) is 6.07 Å². The maximum Gasteiger partial charge on any atom is 0.321 e. The minimum atomic E-state index is -3.87. The lowest BCUT2D eigenvalue weighted by atomic mass is 10.2. The second-order valence-corrected chi connectivity index (χ2v) is 4.61. The lowest BCUT2D eigenvalue weighted by molar-refractivity contribution is -0.0492. The lowest BCUT2D eigenvalue weighted by Gasteiger charge is -2.13. The van der Waals surface area contributed by atoms with E-state index in [9.17, 15) is 8.42 Å². The average Bonchev–Trinajstić information content (AvgIpc) is 2.29. The topological polar surface area (TPSA) is 61.8 Å². The molecule has 5 nitrogen and oxygen atoms in total. The monoisotopic (exact) mass is 246 g/mol. The summed E-state index contributed by atoms with van der Waals surface area (Å²) in [6.45, 7) is -0.0353. The Morgan fingerprint density at radius 1 is 1.12 bits per heavy atom. The molecule has 0 unspecified atom stereocenters. The van der Waals surface area contributed by atoms with Gasteiger partial charge in [-0.15, -0.1) is 0 Å². The van der Waals surface area contributed by atoms with E-state index in [4.69, 9.17) is 4.18 Å². The minimum Gasteiger partial charge on any atom is -0.341 e. The van der Waals surface area contributed by atoms with Crippen molar-refractivity contribution in [3.63, 3.8) is 0 Å². The summed E-state index contributed by atoms with van der Waals surface area (Å²) >= 11 is 0. The van der Waals surface area contributed by atoms with Gasteiger partial charge in [-0.2, -0.15) is 8.42 Å². The summed E-state index contributed by atoms with van der Waals surface area (Å²) in [6.07, 6.45) is 0. The SMILES string of the molecule is COC(OC)S(=O)(=O)OCc1ccccc1. The molecule has 0 saturated heterocycles. The van der Waals surface area contributed by atoms with Gasteiger partial charge in [-0.05, 0) is 5.56 Å². The van der Waals surface area contributed by atoms with Crippen LogP contribution in [0, 0.1) is 0 Å². The van der Waals surface area contributed by atoms with Crippen molar-refractivity contribution in [3.05, 3.63) is 35.9 Å². The van der Waals surface area contributed by atoms with Crippen molar-refractivity contribution in [1.29, 1.82) is 0 Å². The molecule has 0 atom stereocenters. The molecule has 1 aromatic carbocycles. The summed E-state index contributed by atoms with van der Waals surface area (Å²) in [7, 11) is -1.40. The highest BCUT2D eigenvalue weighted by Crippen LogP contribution is 2.10. The maximum absolute atomic E-state index is 11.5. The predicted molar refractivity (Wildman–Crippen MR) is 58.0 cm³/mol. The van der Waals surface area contributed by atoms with Gasteiger partial charge in [-0.3, -0.25) is 4.18 Å². The van der Waals surface area contributed by atoms with E-state index < -0.39 is 15.7 Å². The molecule has 1 rings (SSSR count). The summed E-state index contributed by atoms with van der Waals surface area (Å²) in [6, 6.07) is 8.98. The van der Waals surface area contributed by atoms with E-state index >= 15 is 0 Å². The highest BCUT2D eigenvalue weighted by molar-refractivity contribution is 7.87. The van der Waals surface area contributed by atoms with E-state index in [0.717, 1.165) is 5.56 Å². The Morgan fingerprint density at radius 2 is 1.69 bits per heavy atom. The van der Waals surface area contributed by atoms with Gasteiger partial charge >= 0.3 is 10.1 Å². The fourth-order valence-corrected chi connectivity index (χ4v) is 1.99. The predicted octanol–water partition coefficient (Wildman–Crippen LogP) is 1.11. The largest absolute Gasteiger partial charge is 0.341 e. The molecule has 1 aromatic rings. The highest BCUT2D eigenvalue weighted by atomic mass is 32.2. The van der Waals surface area contributed by atoms with Gasteiger partial charge in [0.2, 0.25) is 0 Å². The molecule has 0 fully saturated rings. The zero-order chi connectivity index (χ0) is 12.0. The van der Waals surface area contributed by atoms with Gasteiger partial charge in [0.05, 0.1) is 6.61 Å². The molecule has 0 aliphatic heterocycles. The molecule has 0 aliphatic carbocycles. The molecule has 0 radical (unpaired) electrons. The van der Waals surface area contributed by atoms with Gasteiger partial charge in [-0.25, -0.2) is 0 Å². The molecule has 6 heteroatoms. The first-order valence-corrected chi connectivity index (χ1v) is 6.05. The Hall–Kier alpha value is -0.950. The number of hydrogen-bond acceptors (Lipinski definition) is 5. The van der Waals surface area contributed by atoms with Crippen LogP contribution in [0.2, 0.25) is 0 Å². The molecule has 0 heterocycles. The first-order valence-electron chi connectivity index (χ1n) is 4.58. The molecule has 0 aromatic heterocycles. The molecule has 90 valence electrons. The number of rotatable bonds is 6. The Labute approximate surface area is 95.1 Å². The zero-order valence-electron chi connectivity index (χ0n) is 9.12.